The number of ether oxygens (including phenoxy) is 2. The Kier molecular flexibility index (Phi) is 6.12. The fourth-order valence-corrected chi connectivity index (χ4v) is 5.74. The van der Waals surface area contributed by atoms with Crippen LogP contribution in [0, 0.1) is 6.92 Å². The summed E-state index contributed by atoms with van der Waals surface area (Å²) in [7, 11) is 1.70. The van der Waals surface area contributed by atoms with E-state index in [1.165, 1.54) is 0 Å². The number of likely N-dealkylation sites (tertiary alicyclic amines) is 1. The van der Waals surface area contributed by atoms with Crippen molar-refractivity contribution in [2.75, 3.05) is 38.7 Å². The van der Waals surface area contributed by atoms with Gasteiger partial charge in [0.15, 0.2) is 5.15 Å². The molecule has 2 aliphatic heterocycles. The molecule has 3 aliphatic rings. The van der Waals surface area contributed by atoms with Gasteiger partial charge in [0.2, 0.25) is 5.95 Å². The van der Waals surface area contributed by atoms with Crippen LogP contribution in [0.5, 0.6) is 0 Å². The summed E-state index contributed by atoms with van der Waals surface area (Å²) in [5.41, 5.74) is 3.55. The van der Waals surface area contributed by atoms with Crippen molar-refractivity contribution >= 4 is 34.1 Å². The number of aryl methyl sites for hydroxylation is 1. The number of alkyl halides is 1. The van der Waals surface area contributed by atoms with Crippen molar-refractivity contribution in [3.05, 3.63) is 40.8 Å². The maximum Gasteiger partial charge on any atom is 0.227 e. The van der Waals surface area contributed by atoms with Crippen molar-refractivity contribution in [3.63, 3.8) is 0 Å². The van der Waals surface area contributed by atoms with Crippen LogP contribution >= 0.6 is 11.6 Å². The van der Waals surface area contributed by atoms with Crippen LogP contribution in [-0.2, 0) is 9.47 Å². The van der Waals surface area contributed by atoms with Crippen molar-refractivity contribution < 1.29 is 13.9 Å². The number of aromatic nitrogens is 4. The molecule has 4 atom stereocenters. The van der Waals surface area contributed by atoms with Gasteiger partial charge in [-0.15, -0.1) is 0 Å². The maximum absolute atomic E-state index is 15.5. The van der Waals surface area contributed by atoms with Gasteiger partial charge in [-0.05, 0) is 56.0 Å². The minimum atomic E-state index is -0.968. The summed E-state index contributed by atoms with van der Waals surface area (Å²) in [6.45, 7) is 4.41. The second kappa shape index (κ2) is 9.28. The second-order valence-corrected chi connectivity index (χ2v) is 10.3. The summed E-state index contributed by atoms with van der Waals surface area (Å²) in [5, 5.41) is 9.07. The van der Waals surface area contributed by atoms with Crippen LogP contribution in [0.2, 0.25) is 5.15 Å². The molecular weight excluding hydrogens is 471 g/mol. The molecule has 1 saturated carbocycles. The zero-order valence-corrected chi connectivity index (χ0v) is 20.7. The van der Waals surface area contributed by atoms with Gasteiger partial charge < -0.3 is 14.8 Å². The molecule has 0 amide bonds. The molecule has 35 heavy (non-hydrogen) atoms. The van der Waals surface area contributed by atoms with Crippen LogP contribution in [0.3, 0.4) is 0 Å². The molecular formula is C25H30ClFN6O2. The first-order chi connectivity index (χ1) is 17.0. The van der Waals surface area contributed by atoms with Crippen LogP contribution in [0.15, 0.2) is 24.5 Å². The minimum Gasteiger partial charge on any atom is -0.377 e. The summed E-state index contributed by atoms with van der Waals surface area (Å²) < 4.78 is 28.5. The third-order valence-electron chi connectivity index (χ3n) is 7.59. The molecule has 8 nitrogen and oxygen atoms in total. The zero-order valence-electron chi connectivity index (χ0n) is 20.0. The Labute approximate surface area is 208 Å². The first-order valence-corrected chi connectivity index (χ1v) is 12.7. The van der Waals surface area contributed by atoms with Crippen LogP contribution in [0.4, 0.5) is 16.0 Å². The molecule has 0 radical (unpaired) electrons. The third kappa shape index (κ3) is 4.39. The Morgan fingerprint density at radius 2 is 2.06 bits per heavy atom. The van der Waals surface area contributed by atoms with Crippen molar-refractivity contribution in [3.8, 4) is 0 Å². The van der Waals surface area contributed by atoms with Gasteiger partial charge in [0, 0.05) is 31.2 Å². The minimum absolute atomic E-state index is 0.00802. The Morgan fingerprint density at radius 3 is 2.83 bits per heavy atom. The number of nitrogens with zero attached hydrogens (tertiary/aromatic N) is 5. The predicted molar refractivity (Wildman–Crippen MR) is 132 cm³/mol. The molecule has 1 aliphatic carbocycles. The molecule has 3 unspecified atom stereocenters. The monoisotopic (exact) mass is 500 g/mol. The summed E-state index contributed by atoms with van der Waals surface area (Å²) in [6, 6.07) is 4.59. The number of hydrogen-bond acceptors (Lipinski definition) is 7. The Morgan fingerprint density at radius 1 is 1.20 bits per heavy atom. The highest BCUT2D eigenvalue weighted by Crippen LogP contribution is 2.39. The van der Waals surface area contributed by atoms with E-state index in [0.717, 1.165) is 47.8 Å². The number of hydrogen-bond donors (Lipinski definition) is 1. The maximum atomic E-state index is 15.5. The second-order valence-electron chi connectivity index (χ2n) is 9.90. The van der Waals surface area contributed by atoms with E-state index in [1.807, 2.05) is 17.7 Å². The van der Waals surface area contributed by atoms with E-state index in [4.69, 9.17) is 26.1 Å². The highest BCUT2D eigenvalue weighted by molar-refractivity contribution is 6.32. The van der Waals surface area contributed by atoms with Crippen LogP contribution in [0.1, 0.15) is 42.3 Å². The molecule has 3 aromatic rings. The number of methoxy groups -OCH3 is 1. The smallest absolute Gasteiger partial charge is 0.227 e. The number of rotatable bonds is 6. The molecule has 186 valence electrons. The SMILES string of the molecule is COC1COC[C@H]1N1CCC(c2cc3nc(Nc4cnn(C5CC5)c4Cl)ncc3cc2C)C(F)C1. The lowest BCUT2D eigenvalue weighted by Gasteiger charge is -2.39. The highest BCUT2D eigenvalue weighted by Gasteiger charge is 2.39. The van der Waals surface area contributed by atoms with Gasteiger partial charge >= 0.3 is 0 Å². The first-order valence-electron chi connectivity index (χ1n) is 12.3. The van der Waals surface area contributed by atoms with Crippen LogP contribution < -0.4 is 5.32 Å². The van der Waals surface area contributed by atoms with E-state index in [2.05, 4.69) is 26.4 Å². The fourth-order valence-electron chi connectivity index (χ4n) is 5.46. The normalized spacial score (nSPS) is 27.5. The number of piperidine rings is 1. The summed E-state index contributed by atoms with van der Waals surface area (Å²) >= 11 is 6.49. The number of fused-ring (bicyclic) bond motifs is 1. The average molecular weight is 501 g/mol. The van der Waals surface area contributed by atoms with Crippen LogP contribution in [0.25, 0.3) is 10.9 Å². The van der Waals surface area contributed by atoms with E-state index >= 15 is 4.39 Å². The van der Waals surface area contributed by atoms with Gasteiger partial charge in [0.05, 0.1) is 48.8 Å². The number of halogens is 2. The van der Waals surface area contributed by atoms with Crippen molar-refractivity contribution in [2.24, 2.45) is 0 Å². The molecule has 0 spiro atoms. The average Bonchev–Trinajstić information content (AvgIpc) is 3.47. The molecule has 10 heteroatoms. The lowest BCUT2D eigenvalue weighted by molar-refractivity contribution is 0.0132. The Hall–Kier alpha value is -2.33. The number of anilines is 2. The van der Waals surface area contributed by atoms with Crippen LogP contribution in [-0.4, -0.2) is 76.4 Å². The quantitative estimate of drug-likeness (QED) is 0.537. The summed E-state index contributed by atoms with van der Waals surface area (Å²) in [6.07, 6.45) is 5.49. The van der Waals surface area contributed by atoms with Crippen molar-refractivity contribution in [2.45, 2.75) is 56.5 Å². The molecule has 2 aromatic heterocycles. The molecule has 4 heterocycles. The summed E-state index contributed by atoms with van der Waals surface area (Å²) in [4.78, 5) is 11.4. The standard InChI is InChI=1S/C25H30ClFN6O2/c1-14-7-15-9-28-25(31-21-10-29-33(24(21)26)16-3-4-16)30-20(15)8-18(14)17-5-6-32(11-19(17)27)22-12-35-13-23(22)34-2/h7-10,16-17,19,22-23H,3-6,11-13H2,1-2H3,(H,28,30,31)/t17?,19?,22-,23?/m1/s1. The van der Waals surface area contributed by atoms with E-state index in [0.29, 0.717) is 42.6 Å². The van der Waals surface area contributed by atoms with E-state index < -0.39 is 6.17 Å². The molecule has 1 aromatic carbocycles. The number of nitrogens with one attached hydrogen (secondary N) is 1. The zero-order chi connectivity index (χ0) is 24.1. The fraction of sp³-hybridized carbons (Fsp3) is 0.560. The molecule has 2 saturated heterocycles. The molecule has 1 N–H and O–H groups in total. The van der Waals surface area contributed by atoms with Gasteiger partial charge in [-0.25, -0.2) is 19.0 Å². The molecule has 0 bridgehead atoms. The third-order valence-corrected chi connectivity index (χ3v) is 7.96. The first kappa shape index (κ1) is 23.1. The lowest BCUT2D eigenvalue weighted by atomic mass is 9.84. The summed E-state index contributed by atoms with van der Waals surface area (Å²) in [5.74, 6) is 0.277. The van der Waals surface area contributed by atoms with Crippen molar-refractivity contribution in [1.29, 1.82) is 0 Å². The Balaban J connectivity index is 1.22. The lowest BCUT2D eigenvalue weighted by Crippen LogP contribution is -2.51. The van der Waals surface area contributed by atoms with Gasteiger partial charge in [-0.2, -0.15) is 5.10 Å². The van der Waals surface area contributed by atoms with Crippen molar-refractivity contribution in [1.82, 2.24) is 24.6 Å². The molecule has 6 rings (SSSR count). The topological polar surface area (TPSA) is 77.3 Å². The largest absolute Gasteiger partial charge is 0.377 e. The van der Waals surface area contributed by atoms with Gasteiger partial charge in [-0.1, -0.05) is 11.6 Å². The predicted octanol–water partition coefficient (Wildman–Crippen LogP) is 4.41. The van der Waals surface area contributed by atoms with Gasteiger partial charge in [0.25, 0.3) is 0 Å². The highest BCUT2D eigenvalue weighted by atomic mass is 35.5. The van der Waals surface area contributed by atoms with E-state index in [1.54, 1.807) is 19.5 Å². The molecule has 3 fully saturated rings. The van der Waals surface area contributed by atoms with Gasteiger partial charge in [0.1, 0.15) is 6.17 Å². The number of benzene rings is 1. The van der Waals surface area contributed by atoms with E-state index in [9.17, 15) is 0 Å². The van der Waals surface area contributed by atoms with E-state index in [-0.39, 0.29) is 18.1 Å². The van der Waals surface area contributed by atoms with Gasteiger partial charge in [-0.3, -0.25) is 4.90 Å². The Bertz CT molecular complexity index is 1230.